The second kappa shape index (κ2) is 6.52. The fraction of sp³-hybridized carbons (Fsp3) is 0.588. The summed E-state index contributed by atoms with van der Waals surface area (Å²) in [6.45, 7) is 10.6. The Balaban J connectivity index is 1.56. The van der Waals surface area contributed by atoms with E-state index in [1.54, 1.807) is 6.08 Å². The number of carbonyl (C=O) groups is 1. The fourth-order valence-electron chi connectivity index (χ4n) is 3.32. The quantitative estimate of drug-likeness (QED) is 0.799. The Bertz CT molecular complexity index is 547. The first-order chi connectivity index (χ1) is 10.6. The lowest BCUT2D eigenvalue weighted by molar-refractivity contribution is -0.170. The number of nitrogens with zero attached hydrogens (tertiary/aromatic N) is 2. The van der Waals surface area contributed by atoms with Gasteiger partial charge < -0.3 is 9.64 Å². The van der Waals surface area contributed by atoms with Crippen molar-refractivity contribution in [3.63, 3.8) is 0 Å². The van der Waals surface area contributed by atoms with E-state index in [4.69, 9.17) is 4.74 Å². The van der Waals surface area contributed by atoms with Crippen LogP contribution in [0.15, 0.2) is 24.8 Å². The summed E-state index contributed by atoms with van der Waals surface area (Å²) < 4.78 is 5.95. The minimum atomic E-state index is -0.140. The molecule has 2 aliphatic rings. The summed E-state index contributed by atoms with van der Waals surface area (Å²) in [5.41, 5.74) is -0.140. The fourth-order valence-corrected chi connectivity index (χ4v) is 4.25. The highest BCUT2D eigenvalue weighted by Crippen LogP contribution is 2.31. The highest BCUT2D eigenvalue weighted by atomic mass is 32.1. The number of hydrogen-bond acceptors (Lipinski definition) is 4. The van der Waals surface area contributed by atoms with Gasteiger partial charge in [-0.2, -0.15) is 0 Å². The zero-order valence-electron chi connectivity index (χ0n) is 13.2. The Labute approximate surface area is 136 Å². The summed E-state index contributed by atoms with van der Waals surface area (Å²) in [5, 5.41) is 0. The molecule has 0 aromatic carbocycles. The zero-order chi connectivity index (χ0) is 15.6. The third-order valence-electron chi connectivity index (χ3n) is 4.63. The van der Waals surface area contributed by atoms with E-state index in [0.29, 0.717) is 13.1 Å². The van der Waals surface area contributed by atoms with Gasteiger partial charge in [-0.1, -0.05) is 6.08 Å². The Hall–Kier alpha value is -1.17. The molecule has 3 rings (SSSR count). The summed E-state index contributed by atoms with van der Waals surface area (Å²) in [6, 6.07) is 4.42. The molecule has 1 aromatic rings. The Kier molecular flexibility index (Phi) is 4.66. The van der Waals surface area contributed by atoms with Crippen molar-refractivity contribution >= 4 is 17.2 Å². The van der Waals surface area contributed by atoms with Crippen molar-refractivity contribution in [3.8, 4) is 0 Å². The van der Waals surface area contributed by atoms with Crippen LogP contribution in [0.2, 0.25) is 0 Å². The molecule has 0 aliphatic carbocycles. The molecule has 120 valence electrons. The molecule has 0 N–H and O–H groups in total. The summed E-state index contributed by atoms with van der Waals surface area (Å²) in [6.07, 6.45) is 3.79. The molecule has 3 heterocycles. The van der Waals surface area contributed by atoms with Crippen LogP contribution < -0.4 is 0 Å². The standard InChI is InChI=1S/C17H24N2O2S/c1-3-8-19-13-17(21-12-16(19)20)6-9-18(10-7-17)11-15-5-4-14(2)22-15/h3-5H,1,6-13H2,2H3. The number of morpholine rings is 1. The third-order valence-corrected chi connectivity index (χ3v) is 5.61. The average Bonchev–Trinajstić information content (AvgIpc) is 2.91. The van der Waals surface area contributed by atoms with Crippen molar-refractivity contribution in [2.75, 3.05) is 32.8 Å². The summed E-state index contributed by atoms with van der Waals surface area (Å²) in [4.78, 5) is 19.0. The first-order valence-corrected chi connectivity index (χ1v) is 8.72. The molecule has 2 aliphatic heterocycles. The minimum Gasteiger partial charge on any atom is -0.363 e. The molecule has 0 saturated carbocycles. The number of piperidine rings is 1. The molecular weight excluding hydrogens is 296 g/mol. The summed E-state index contributed by atoms with van der Waals surface area (Å²) in [7, 11) is 0. The van der Waals surface area contributed by atoms with Crippen molar-refractivity contribution in [2.45, 2.75) is 31.9 Å². The lowest BCUT2D eigenvalue weighted by Crippen LogP contribution is -2.58. The van der Waals surface area contributed by atoms with Crippen LogP contribution in [0.3, 0.4) is 0 Å². The van der Waals surface area contributed by atoms with E-state index in [2.05, 4.69) is 30.5 Å². The van der Waals surface area contributed by atoms with Crippen LogP contribution >= 0.6 is 11.3 Å². The van der Waals surface area contributed by atoms with Gasteiger partial charge in [0, 0.05) is 35.9 Å². The van der Waals surface area contributed by atoms with Crippen LogP contribution in [0.5, 0.6) is 0 Å². The highest BCUT2D eigenvalue weighted by Gasteiger charge is 2.41. The van der Waals surface area contributed by atoms with Crippen molar-refractivity contribution in [1.29, 1.82) is 0 Å². The number of hydrogen-bond donors (Lipinski definition) is 0. The van der Waals surface area contributed by atoms with E-state index in [1.165, 1.54) is 9.75 Å². The molecule has 4 nitrogen and oxygen atoms in total. The van der Waals surface area contributed by atoms with Crippen LogP contribution in [0.1, 0.15) is 22.6 Å². The van der Waals surface area contributed by atoms with E-state index < -0.39 is 0 Å². The molecular formula is C17H24N2O2S. The normalized spacial score (nSPS) is 22.2. The Morgan fingerprint density at radius 3 is 2.82 bits per heavy atom. The average molecular weight is 320 g/mol. The summed E-state index contributed by atoms with van der Waals surface area (Å²) >= 11 is 1.88. The van der Waals surface area contributed by atoms with Gasteiger partial charge in [-0.15, -0.1) is 17.9 Å². The number of likely N-dealkylation sites (tertiary alicyclic amines) is 1. The lowest BCUT2D eigenvalue weighted by Gasteiger charge is -2.46. The van der Waals surface area contributed by atoms with Gasteiger partial charge in [-0.25, -0.2) is 0 Å². The van der Waals surface area contributed by atoms with Crippen molar-refractivity contribution < 1.29 is 9.53 Å². The molecule has 1 aromatic heterocycles. The largest absolute Gasteiger partial charge is 0.363 e. The smallest absolute Gasteiger partial charge is 0.248 e. The molecule has 1 spiro atoms. The predicted molar refractivity (Wildman–Crippen MR) is 89.0 cm³/mol. The Morgan fingerprint density at radius 1 is 1.41 bits per heavy atom. The molecule has 0 atom stereocenters. The van der Waals surface area contributed by atoms with Crippen molar-refractivity contribution in [2.24, 2.45) is 0 Å². The van der Waals surface area contributed by atoms with Gasteiger partial charge in [0.2, 0.25) is 5.91 Å². The molecule has 22 heavy (non-hydrogen) atoms. The minimum absolute atomic E-state index is 0.0852. The molecule has 0 bridgehead atoms. The first-order valence-electron chi connectivity index (χ1n) is 7.90. The number of rotatable bonds is 4. The molecule has 1 amide bonds. The topological polar surface area (TPSA) is 32.8 Å². The van der Waals surface area contributed by atoms with Gasteiger partial charge in [-0.05, 0) is 31.9 Å². The van der Waals surface area contributed by atoms with Gasteiger partial charge in [0.05, 0.1) is 12.1 Å². The van der Waals surface area contributed by atoms with E-state index >= 15 is 0 Å². The van der Waals surface area contributed by atoms with Crippen LogP contribution in [0, 0.1) is 6.92 Å². The van der Waals surface area contributed by atoms with Crippen LogP contribution in [-0.4, -0.2) is 54.1 Å². The van der Waals surface area contributed by atoms with Gasteiger partial charge in [0.15, 0.2) is 0 Å². The molecule has 5 heteroatoms. The van der Waals surface area contributed by atoms with Gasteiger partial charge >= 0.3 is 0 Å². The number of thiophene rings is 1. The number of ether oxygens (including phenoxy) is 1. The predicted octanol–water partition coefficient (Wildman–Crippen LogP) is 2.44. The second-order valence-corrected chi connectivity index (χ2v) is 7.70. The number of carbonyl (C=O) groups excluding carboxylic acids is 1. The van der Waals surface area contributed by atoms with Crippen LogP contribution in [-0.2, 0) is 16.1 Å². The third kappa shape index (κ3) is 3.42. The van der Waals surface area contributed by atoms with Gasteiger partial charge in [0.25, 0.3) is 0 Å². The van der Waals surface area contributed by atoms with E-state index in [-0.39, 0.29) is 18.1 Å². The van der Waals surface area contributed by atoms with E-state index in [1.807, 2.05) is 16.2 Å². The maximum atomic E-state index is 11.9. The van der Waals surface area contributed by atoms with Crippen LogP contribution in [0.25, 0.3) is 0 Å². The molecule has 2 fully saturated rings. The van der Waals surface area contributed by atoms with Crippen molar-refractivity contribution in [1.82, 2.24) is 9.80 Å². The van der Waals surface area contributed by atoms with E-state index in [0.717, 1.165) is 32.5 Å². The maximum Gasteiger partial charge on any atom is 0.248 e. The van der Waals surface area contributed by atoms with Crippen molar-refractivity contribution in [3.05, 3.63) is 34.5 Å². The lowest BCUT2D eigenvalue weighted by atomic mass is 9.89. The Morgan fingerprint density at radius 2 is 2.18 bits per heavy atom. The van der Waals surface area contributed by atoms with Crippen LogP contribution in [0.4, 0.5) is 0 Å². The zero-order valence-corrected chi connectivity index (χ0v) is 14.0. The second-order valence-electron chi connectivity index (χ2n) is 6.32. The van der Waals surface area contributed by atoms with Gasteiger partial charge in [0.1, 0.15) is 6.61 Å². The SMILES string of the molecule is C=CCN1CC2(CCN(Cc3ccc(C)s3)CC2)OCC1=O. The highest BCUT2D eigenvalue weighted by molar-refractivity contribution is 7.11. The first kappa shape index (κ1) is 15.7. The maximum absolute atomic E-state index is 11.9. The van der Waals surface area contributed by atoms with E-state index in [9.17, 15) is 4.79 Å². The molecule has 0 unspecified atom stereocenters. The number of aryl methyl sites for hydroxylation is 1. The van der Waals surface area contributed by atoms with Gasteiger partial charge in [-0.3, -0.25) is 9.69 Å². The summed E-state index contributed by atoms with van der Waals surface area (Å²) in [5.74, 6) is 0.0852. The molecule has 0 radical (unpaired) electrons. The number of amides is 1. The molecule has 2 saturated heterocycles. The monoisotopic (exact) mass is 320 g/mol.